The number of aromatic nitrogens is 2. The molecule has 1 aliphatic rings. The van der Waals surface area contributed by atoms with Crippen LogP contribution in [0.4, 0.5) is 0 Å². The number of hydrogen-bond acceptors (Lipinski definition) is 3. The van der Waals surface area contributed by atoms with Gasteiger partial charge in [0.25, 0.3) is 0 Å². The molecule has 11 heavy (non-hydrogen) atoms. The topological polar surface area (TPSA) is 25.8 Å². The Bertz CT molecular complexity index is 238. The van der Waals surface area contributed by atoms with Crippen LogP contribution in [-0.4, -0.2) is 19.0 Å². The molecule has 2 rings (SSSR count). The molecule has 0 radical (unpaired) electrons. The van der Waals surface area contributed by atoms with Crippen LogP contribution < -0.4 is 4.63 Å². The van der Waals surface area contributed by atoms with Gasteiger partial charge >= 0.3 is 0 Å². The summed E-state index contributed by atoms with van der Waals surface area (Å²) >= 11 is 1.85. The van der Waals surface area contributed by atoms with Gasteiger partial charge in [0.2, 0.25) is 0 Å². The molecule has 0 bridgehead atoms. The van der Waals surface area contributed by atoms with Gasteiger partial charge in [0.05, 0.1) is 4.63 Å². The summed E-state index contributed by atoms with van der Waals surface area (Å²) in [6.07, 6.45) is 0. The minimum Gasteiger partial charge on any atom is -0.149 e. The average molecular weight is 184 g/mol. The summed E-state index contributed by atoms with van der Waals surface area (Å²) in [6.45, 7) is 4.36. The van der Waals surface area contributed by atoms with E-state index in [4.69, 9.17) is 0 Å². The predicted molar refractivity (Wildman–Crippen MR) is 50.4 cm³/mol. The van der Waals surface area contributed by atoms with Crippen molar-refractivity contribution in [1.29, 1.82) is 0 Å². The lowest BCUT2D eigenvalue weighted by Crippen LogP contribution is -2.12. The Morgan fingerprint density at radius 3 is 2.55 bits per heavy atom. The highest BCUT2D eigenvalue weighted by Gasteiger charge is 2.29. The normalized spacial score (nSPS) is 17.7. The molecule has 0 amide bonds. The Labute approximate surface area is 72.3 Å². The summed E-state index contributed by atoms with van der Waals surface area (Å²) < 4.78 is 1.40. The summed E-state index contributed by atoms with van der Waals surface area (Å²) in [5.74, 6) is 0.564. The van der Waals surface area contributed by atoms with Crippen LogP contribution in [0.5, 0.6) is 0 Å². The Morgan fingerprint density at radius 1 is 1.36 bits per heavy atom. The van der Waals surface area contributed by atoms with Crippen molar-refractivity contribution in [2.45, 2.75) is 31.9 Å². The Hall–Kier alpha value is -0.223. The lowest BCUT2D eigenvalue weighted by molar-refractivity contribution is 0.826. The van der Waals surface area contributed by atoms with Crippen molar-refractivity contribution >= 4 is 24.8 Å². The lowest BCUT2D eigenvalue weighted by Gasteiger charge is -1.93. The largest absolute Gasteiger partial charge is 0.149 e. The molecule has 2 heterocycles. The molecule has 0 aliphatic carbocycles. The molecule has 0 unspecified atom stereocenters. The minimum absolute atomic E-state index is 0.454. The zero-order chi connectivity index (χ0) is 7.84. The van der Waals surface area contributed by atoms with Crippen LogP contribution in [0.3, 0.4) is 0 Å². The van der Waals surface area contributed by atoms with E-state index in [-0.39, 0.29) is 0 Å². The third-order valence-corrected chi connectivity index (χ3v) is 6.25. The number of rotatable bonds is 2. The average Bonchev–Trinajstić information content (AvgIpc) is 2.68. The summed E-state index contributed by atoms with van der Waals surface area (Å²) in [6, 6.07) is 2.93. The van der Waals surface area contributed by atoms with Crippen LogP contribution in [0.2, 0.25) is 12.1 Å². The van der Waals surface area contributed by atoms with Gasteiger partial charge in [0.1, 0.15) is 13.8 Å². The molecular formula is C7H12N2SSi. The highest BCUT2D eigenvalue weighted by molar-refractivity contribution is 7.24. The third kappa shape index (κ3) is 1.51. The third-order valence-electron chi connectivity index (χ3n) is 1.88. The summed E-state index contributed by atoms with van der Waals surface area (Å²) in [5.41, 5.74) is 0. The molecular weight excluding hydrogens is 172 g/mol. The quantitative estimate of drug-likeness (QED) is 0.644. The van der Waals surface area contributed by atoms with E-state index < -0.39 is 8.80 Å². The Balaban J connectivity index is 2.18. The Morgan fingerprint density at radius 2 is 2.09 bits per heavy atom. The Kier molecular flexibility index (Phi) is 1.81. The molecule has 0 N–H and O–H groups in total. The first-order chi connectivity index (χ1) is 5.27. The maximum Gasteiger partial charge on any atom is 0.119 e. The first-order valence-electron chi connectivity index (χ1n) is 4.10. The second kappa shape index (κ2) is 2.68. The molecule has 1 aromatic rings. The van der Waals surface area contributed by atoms with Crippen LogP contribution >= 0.6 is 11.3 Å². The second-order valence-electron chi connectivity index (χ2n) is 3.41. The van der Waals surface area contributed by atoms with Gasteiger partial charge in [-0.1, -0.05) is 25.9 Å². The molecule has 0 spiro atoms. The molecule has 2 nitrogen and oxygen atoms in total. The van der Waals surface area contributed by atoms with Crippen LogP contribution in [0.1, 0.15) is 24.8 Å². The molecule has 4 heteroatoms. The van der Waals surface area contributed by atoms with Crippen LogP contribution in [0.25, 0.3) is 0 Å². The van der Waals surface area contributed by atoms with Gasteiger partial charge in [-0.25, -0.2) is 0 Å². The molecule has 1 aromatic heterocycles. The molecule has 0 saturated carbocycles. The molecule has 0 aromatic carbocycles. The number of nitrogens with zero attached hydrogens (tertiary/aromatic N) is 2. The molecule has 1 fully saturated rings. The van der Waals surface area contributed by atoms with E-state index in [0.29, 0.717) is 5.92 Å². The number of hydrogen-bond donors (Lipinski definition) is 0. The van der Waals surface area contributed by atoms with Crippen LogP contribution in [0.15, 0.2) is 0 Å². The lowest BCUT2D eigenvalue weighted by atomic mass is 10.2. The monoisotopic (exact) mass is 184 g/mol. The predicted octanol–water partition coefficient (Wildman–Crippen LogP) is 1.11. The van der Waals surface area contributed by atoms with E-state index in [0.717, 1.165) is 0 Å². The van der Waals surface area contributed by atoms with Crippen molar-refractivity contribution in [2.75, 3.05) is 0 Å². The molecule has 1 saturated heterocycles. The SMILES string of the molecule is CC(C)c1nnc([SiH]2CC2)s1. The van der Waals surface area contributed by atoms with Crippen molar-refractivity contribution in [3.63, 3.8) is 0 Å². The molecule has 60 valence electrons. The van der Waals surface area contributed by atoms with Gasteiger partial charge in [-0.3, -0.25) is 0 Å². The maximum atomic E-state index is 4.23. The fraction of sp³-hybridized carbons (Fsp3) is 0.714. The van der Waals surface area contributed by atoms with Gasteiger partial charge < -0.3 is 0 Å². The van der Waals surface area contributed by atoms with Gasteiger partial charge in [-0.2, -0.15) is 0 Å². The van der Waals surface area contributed by atoms with E-state index in [9.17, 15) is 0 Å². The highest BCUT2D eigenvalue weighted by Crippen LogP contribution is 2.23. The van der Waals surface area contributed by atoms with E-state index >= 15 is 0 Å². The van der Waals surface area contributed by atoms with Gasteiger partial charge in [0, 0.05) is 5.92 Å². The second-order valence-corrected chi connectivity index (χ2v) is 7.96. The van der Waals surface area contributed by atoms with Gasteiger partial charge in [-0.15, -0.1) is 21.5 Å². The zero-order valence-electron chi connectivity index (χ0n) is 6.87. The first-order valence-corrected chi connectivity index (χ1v) is 7.13. The van der Waals surface area contributed by atoms with E-state index in [1.165, 1.54) is 21.7 Å². The zero-order valence-corrected chi connectivity index (χ0v) is 8.84. The molecule has 0 atom stereocenters. The summed E-state index contributed by atoms with van der Waals surface area (Å²) in [5, 5.41) is 9.63. The standard InChI is InChI=1S/C7H12N2SSi/c1-5(2)6-8-9-7(10-6)11-3-4-11/h5,11H,3-4H2,1-2H3. The minimum atomic E-state index is -0.454. The van der Waals surface area contributed by atoms with E-state index in [1.54, 1.807) is 0 Å². The van der Waals surface area contributed by atoms with E-state index in [2.05, 4.69) is 24.0 Å². The highest BCUT2D eigenvalue weighted by atomic mass is 32.1. The van der Waals surface area contributed by atoms with Gasteiger partial charge in [0.15, 0.2) is 0 Å². The fourth-order valence-electron chi connectivity index (χ4n) is 0.975. The first kappa shape index (κ1) is 7.43. The summed E-state index contributed by atoms with van der Waals surface area (Å²) in [7, 11) is -0.454. The van der Waals surface area contributed by atoms with Crippen LogP contribution in [-0.2, 0) is 0 Å². The molecule has 1 aliphatic heterocycles. The van der Waals surface area contributed by atoms with Gasteiger partial charge in [-0.05, 0) is 0 Å². The fourth-order valence-corrected chi connectivity index (χ4v) is 4.71. The summed E-state index contributed by atoms with van der Waals surface area (Å²) in [4.78, 5) is 0. The van der Waals surface area contributed by atoms with Crippen molar-refractivity contribution in [3.05, 3.63) is 5.01 Å². The van der Waals surface area contributed by atoms with Crippen molar-refractivity contribution < 1.29 is 0 Å². The van der Waals surface area contributed by atoms with Crippen LogP contribution in [0, 0.1) is 0 Å². The maximum absolute atomic E-state index is 4.23. The van der Waals surface area contributed by atoms with Crippen molar-refractivity contribution in [1.82, 2.24) is 10.2 Å². The van der Waals surface area contributed by atoms with E-state index in [1.807, 2.05) is 11.3 Å². The smallest absolute Gasteiger partial charge is 0.119 e. The van der Waals surface area contributed by atoms with Crippen molar-refractivity contribution in [2.24, 2.45) is 0 Å². The van der Waals surface area contributed by atoms with Crippen molar-refractivity contribution in [3.8, 4) is 0 Å².